The number of benzene rings is 1. The van der Waals surface area contributed by atoms with Gasteiger partial charge in [-0.2, -0.15) is 13.2 Å². The molecular weight excluding hydrogens is 321 g/mol. The van der Waals surface area contributed by atoms with E-state index >= 15 is 0 Å². The summed E-state index contributed by atoms with van der Waals surface area (Å²) in [6.07, 6.45) is -1.17. The van der Waals surface area contributed by atoms with Crippen LogP contribution in [0.25, 0.3) is 0 Å². The molecule has 0 heterocycles. The van der Waals surface area contributed by atoms with Crippen LogP contribution < -0.4 is 5.32 Å². The van der Waals surface area contributed by atoms with Gasteiger partial charge in [-0.1, -0.05) is 6.07 Å². The highest BCUT2D eigenvalue weighted by Gasteiger charge is 2.31. The third-order valence-corrected chi connectivity index (χ3v) is 4.75. The summed E-state index contributed by atoms with van der Waals surface area (Å²) in [4.78, 5) is 13.9. The number of urea groups is 1. The van der Waals surface area contributed by atoms with Crippen LogP contribution in [0.1, 0.15) is 36.8 Å². The molecule has 0 unspecified atom stereocenters. The SMILES string of the molecule is Cc1ccc(C(F)(F)F)cc1NC(=O)N(C)C1CCC(CO)CC1. The van der Waals surface area contributed by atoms with Crippen molar-refractivity contribution in [2.45, 2.75) is 44.8 Å². The fourth-order valence-electron chi connectivity index (χ4n) is 3.02. The molecule has 0 aliphatic heterocycles. The second-order valence-electron chi connectivity index (χ2n) is 6.43. The van der Waals surface area contributed by atoms with Crippen LogP contribution >= 0.6 is 0 Å². The Labute approximate surface area is 139 Å². The van der Waals surface area contributed by atoms with Crippen molar-refractivity contribution < 1.29 is 23.1 Å². The van der Waals surface area contributed by atoms with Gasteiger partial charge in [0.2, 0.25) is 0 Å². The van der Waals surface area contributed by atoms with Crippen LogP contribution in [0.2, 0.25) is 0 Å². The van der Waals surface area contributed by atoms with Crippen LogP contribution in [-0.4, -0.2) is 35.7 Å². The van der Waals surface area contributed by atoms with Gasteiger partial charge in [0.05, 0.1) is 5.56 Å². The maximum absolute atomic E-state index is 12.8. The summed E-state index contributed by atoms with van der Waals surface area (Å²) in [5.41, 5.74) is -0.0334. The van der Waals surface area contributed by atoms with E-state index in [1.807, 2.05) is 0 Å². The standard InChI is InChI=1S/C17H23F3N2O2/c1-11-3-6-13(17(18,19)20)9-15(11)21-16(24)22(2)14-7-4-12(10-23)5-8-14/h3,6,9,12,14,23H,4-5,7-8,10H2,1-2H3,(H,21,24). The minimum absolute atomic E-state index is 0.0407. The smallest absolute Gasteiger partial charge is 0.396 e. The van der Waals surface area contributed by atoms with E-state index in [0.29, 0.717) is 5.56 Å². The number of halogens is 3. The Morgan fingerprint density at radius 2 is 1.92 bits per heavy atom. The van der Waals surface area contributed by atoms with Crippen molar-refractivity contribution in [3.63, 3.8) is 0 Å². The summed E-state index contributed by atoms with van der Waals surface area (Å²) in [5.74, 6) is 0.281. The van der Waals surface area contributed by atoms with Crippen LogP contribution in [0.5, 0.6) is 0 Å². The summed E-state index contributed by atoms with van der Waals surface area (Å²) in [6.45, 7) is 1.81. The second kappa shape index (κ2) is 7.42. The molecule has 0 spiro atoms. The van der Waals surface area contributed by atoms with E-state index in [0.717, 1.165) is 37.8 Å². The number of aliphatic hydroxyl groups is 1. The van der Waals surface area contributed by atoms with Gasteiger partial charge in [-0.25, -0.2) is 4.79 Å². The normalized spacial score (nSPS) is 21.4. The number of hydrogen-bond acceptors (Lipinski definition) is 2. The topological polar surface area (TPSA) is 52.6 Å². The molecule has 134 valence electrons. The first-order chi connectivity index (χ1) is 11.2. The van der Waals surface area contributed by atoms with E-state index in [1.54, 1.807) is 18.9 Å². The lowest BCUT2D eigenvalue weighted by molar-refractivity contribution is -0.137. The number of carbonyl (C=O) groups excluding carboxylic acids is 1. The number of carbonyl (C=O) groups is 1. The van der Waals surface area contributed by atoms with Gasteiger partial charge in [0.1, 0.15) is 0 Å². The third kappa shape index (κ3) is 4.41. The highest BCUT2D eigenvalue weighted by molar-refractivity contribution is 5.90. The Morgan fingerprint density at radius 1 is 1.29 bits per heavy atom. The molecule has 1 aliphatic rings. The van der Waals surface area contributed by atoms with Crippen LogP contribution in [0, 0.1) is 12.8 Å². The van der Waals surface area contributed by atoms with E-state index in [9.17, 15) is 18.0 Å². The number of alkyl halides is 3. The van der Waals surface area contributed by atoms with Crippen LogP contribution in [-0.2, 0) is 6.18 Å². The summed E-state index contributed by atoms with van der Waals surface area (Å²) in [7, 11) is 1.65. The zero-order valence-electron chi connectivity index (χ0n) is 13.9. The fraction of sp³-hybridized carbons (Fsp3) is 0.588. The Kier molecular flexibility index (Phi) is 5.74. The third-order valence-electron chi connectivity index (χ3n) is 4.75. The van der Waals surface area contributed by atoms with Gasteiger partial charge in [0.25, 0.3) is 0 Å². The molecule has 1 fully saturated rings. The monoisotopic (exact) mass is 344 g/mol. The fourth-order valence-corrected chi connectivity index (χ4v) is 3.02. The maximum Gasteiger partial charge on any atom is 0.416 e. The van der Waals surface area contributed by atoms with Gasteiger partial charge in [0.15, 0.2) is 0 Å². The molecule has 0 radical (unpaired) electrons. The van der Waals surface area contributed by atoms with E-state index in [1.165, 1.54) is 6.07 Å². The molecule has 1 aliphatic carbocycles. The van der Waals surface area contributed by atoms with E-state index in [2.05, 4.69) is 5.32 Å². The molecule has 2 amide bonds. The summed E-state index contributed by atoms with van der Waals surface area (Å²) < 4.78 is 38.4. The van der Waals surface area contributed by atoms with E-state index in [-0.39, 0.29) is 24.3 Å². The average molecular weight is 344 g/mol. The first-order valence-electron chi connectivity index (χ1n) is 8.05. The van der Waals surface area contributed by atoms with Gasteiger partial charge in [-0.05, 0) is 56.2 Å². The second-order valence-corrected chi connectivity index (χ2v) is 6.43. The van der Waals surface area contributed by atoms with Crippen molar-refractivity contribution in [2.24, 2.45) is 5.92 Å². The molecule has 0 bridgehead atoms. The minimum Gasteiger partial charge on any atom is -0.396 e. The van der Waals surface area contributed by atoms with Crippen molar-refractivity contribution in [1.82, 2.24) is 4.90 Å². The van der Waals surface area contributed by atoms with Crippen molar-refractivity contribution in [1.29, 1.82) is 0 Å². The predicted molar refractivity (Wildman–Crippen MR) is 85.8 cm³/mol. The number of aliphatic hydroxyl groups excluding tert-OH is 1. The van der Waals surface area contributed by atoms with Crippen LogP contribution in [0.15, 0.2) is 18.2 Å². The Hall–Kier alpha value is -1.76. The van der Waals surface area contributed by atoms with Crippen molar-refractivity contribution in [2.75, 3.05) is 19.0 Å². The molecular formula is C17H23F3N2O2. The summed E-state index contributed by atoms with van der Waals surface area (Å²) in [5, 5.41) is 11.7. The van der Waals surface area contributed by atoms with Crippen molar-refractivity contribution in [3.8, 4) is 0 Å². The first kappa shape index (κ1) is 18.6. The summed E-state index contributed by atoms with van der Waals surface area (Å²) >= 11 is 0. The Morgan fingerprint density at radius 3 is 2.46 bits per heavy atom. The lowest BCUT2D eigenvalue weighted by Crippen LogP contribution is -2.42. The number of amides is 2. The molecule has 7 heteroatoms. The van der Waals surface area contributed by atoms with E-state index in [4.69, 9.17) is 5.11 Å². The quantitative estimate of drug-likeness (QED) is 0.870. The van der Waals surface area contributed by atoms with Crippen LogP contribution in [0.3, 0.4) is 0 Å². The number of anilines is 1. The van der Waals surface area contributed by atoms with Gasteiger partial charge in [0, 0.05) is 25.4 Å². The minimum atomic E-state index is -4.44. The number of rotatable bonds is 3. The Bertz CT molecular complexity index is 582. The van der Waals surface area contributed by atoms with Crippen molar-refractivity contribution in [3.05, 3.63) is 29.3 Å². The zero-order chi connectivity index (χ0) is 17.9. The highest BCUT2D eigenvalue weighted by Crippen LogP contribution is 2.32. The molecule has 1 saturated carbocycles. The van der Waals surface area contributed by atoms with Crippen LogP contribution in [0.4, 0.5) is 23.7 Å². The van der Waals surface area contributed by atoms with Gasteiger partial charge >= 0.3 is 12.2 Å². The number of hydrogen-bond donors (Lipinski definition) is 2. The largest absolute Gasteiger partial charge is 0.416 e. The highest BCUT2D eigenvalue weighted by atomic mass is 19.4. The maximum atomic E-state index is 12.8. The van der Waals surface area contributed by atoms with E-state index < -0.39 is 17.8 Å². The molecule has 4 nitrogen and oxygen atoms in total. The molecule has 0 aromatic heterocycles. The number of nitrogens with one attached hydrogen (secondary N) is 1. The predicted octanol–water partition coefficient (Wildman–Crippen LogP) is 4.03. The molecule has 1 aromatic rings. The molecule has 2 rings (SSSR count). The molecule has 1 aromatic carbocycles. The molecule has 24 heavy (non-hydrogen) atoms. The first-order valence-corrected chi connectivity index (χ1v) is 8.05. The molecule has 0 saturated heterocycles. The summed E-state index contributed by atoms with van der Waals surface area (Å²) in [6, 6.07) is 2.95. The molecule has 0 atom stereocenters. The lowest BCUT2D eigenvalue weighted by atomic mass is 9.86. The zero-order valence-corrected chi connectivity index (χ0v) is 13.9. The van der Waals surface area contributed by atoms with Gasteiger partial charge in [-0.15, -0.1) is 0 Å². The number of nitrogens with zero attached hydrogens (tertiary/aromatic N) is 1. The van der Waals surface area contributed by atoms with Crippen molar-refractivity contribution >= 4 is 11.7 Å². The number of aryl methyl sites for hydroxylation is 1. The lowest BCUT2D eigenvalue weighted by Gasteiger charge is -2.34. The molecule has 2 N–H and O–H groups in total. The average Bonchev–Trinajstić information content (AvgIpc) is 2.55. The van der Waals surface area contributed by atoms with Gasteiger partial charge in [-0.3, -0.25) is 0 Å². The van der Waals surface area contributed by atoms with Gasteiger partial charge < -0.3 is 15.3 Å². The Balaban J connectivity index is 2.04.